The highest BCUT2D eigenvalue weighted by molar-refractivity contribution is 6.17. The van der Waals surface area contributed by atoms with Crippen LogP contribution >= 0.6 is 11.6 Å². The van der Waals surface area contributed by atoms with Gasteiger partial charge in [0, 0.05) is 5.88 Å². The normalized spacial score (nSPS) is 11.6. The second-order valence-corrected chi connectivity index (χ2v) is 3.30. The van der Waals surface area contributed by atoms with Crippen LogP contribution in [0.5, 0.6) is 23.0 Å². The average Bonchev–Trinajstić information content (AvgIpc) is 2.97. The Morgan fingerprint density at radius 3 is 3.00 bits per heavy atom. The van der Waals surface area contributed by atoms with Crippen molar-refractivity contribution in [3.05, 3.63) is 12.1 Å². The van der Waals surface area contributed by atoms with Gasteiger partial charge in [-0.05, 0) is 18.6 Å². The van der Waals surface area contributed by atoms with Crippen molar-refractivity contribution in [1.29, 1.82) is 0 Å². The molecule has 0 spiro atoms. The lowest BCUT2D eigenvalue weighted by molar-refractivity contribution is 0.293. The molecule has 0 fully saturated rings. The molecule has 0 aliphatic carbocycles. The maximum absolute atomic E-state index is 5.55. The molecule has 1 heterocycles. The Kier molecular flexibility index (Phi) is 2.68. The van der Waals surface area contributed by atoms with E-state index < -0.39 is 0 Å². The van der Waals surface area contributed by atoms with Crippen LogP contribution < -0.4 is 14.2 Å². The van der Waals surface area contributed by atoms with E-state index in [-0.39, 0.29) is 0 Å². The fourth-order valence-corrected chi connectivity index (χ4v) is 1.33. The first-order valence-electron chi connectivity index (χ1n) is 4.44. The maximum atomic E-state index is 5.55. The number of alkyl halides is 1. The molecule has 0 amide bonds. The zero-order valence-corrected chi connectivity index (χ0v) is 8.63. The van der Waals surface area contributed by atoms with Crippen LogP contribution in [0.4, 0.5) is 0 Å². The minimum Gasteiger partial charge on any atom is -0.493 e. The number of fused-ring (bicyclic) bond motifs is 1. The fraction of sp³-hybridized carbons (Fsp3) is 0.400. The average molecular weight is 215 g/mol. The van der Waals surface area contributed by atoms with Crippen molar-refractivity contribution in [1.82, 2.24) is 0 Å². The van der Waals surface area contributed by atoms with E-state index in [0.717, 1.165) is 17.9 Å². The molecule has 0 atom stereocenters. The summed E-state index contributed by atoms with van der Waals surface area (Å²) in [5.74, 6) is 3.65. The fourth-order valence-electron chi connectivity index (χ4n) is 1.22. The highest BCUT2D eigenvalue weighted by atomic mass is 35.5. The molecule has 0 unspecified atom stereocenters. The van der Waals surface area contributed by atoms with E-state index in [2.05, 4.69) is 0 Å². The molecule has 1 aromatic carbocycles. The minimum absolute atomic E-state index is 0.583. The molecule has 1 aliphatic rings. The Morgan fingerprint density at radius 1 is 1.43 bits per heavy atom. The van der Waals surface area contributed by atoms with Crippen molar-refractivity contribution in [2.45, 2.75) is 6.42 Å². The van der Waals surface area contributed by atoms with Gasteiger partial charge in [-0.25, -0.2) is 0 Å². The lowest BCUT2D eigenvalue weighted by Gasteiger charge is -2.06. The topological polar surface area (TPSA) is 31.0 Å². The van der Waals surface area contributed by atoms with Crippen LogP contribution in [0.15, 0.2) is 12.1 Å². The number of halogens is 1. The number of ether oxygens (including phenoxy) is 3. The van der Waals surface area contributed by atoms with Crippen LogP contribution in [0, 0.1) is 0 Å². The van der Waals surface area contributed by atoms with E-state index >= 15 is 0 Å². The molecule has 0 saturated heterocycles. The highest BCUT2D eigenvalue weighted by Crippen LogP contribution is 2.56. The third-order valence-corrected chi connectivity index (χ3v) is 2.22. The SMILES string of the molecule is COc1ccc2c(c1OCCCCl)O2. The molecule has 0 aromatic heterocycles. The molecule has 3 nitrogen and oxygen atoms in total. The highest BCUT2D eigenvalue weighted by Gasteiger charge is 2.29. The predicted octanol–water partition coefficient (Wildman–Crippen LogP) is 2.81. The van der Waals surface area contributed by atoms with Gasteiger partial charge in [0.05, 0.1) is 13.7 Å². The molecule has 0 radical (unpaired) electrons. The summed E-state index contributed by atoms with van der Waals surface area (Å²) in [5.41, 5.74) is 0. The predicted molar refractivity (Wildman–Crippen MR) is 53.9 cm³/mol. The summed E-state index contributed by atoms with van der Waals surface area (Å²) in [6, 6.07) is 3.70. The molecule has 1 aromatic rings. The van der Waals surface area contributed by atoms with Gasteiger partial charge in [0.1, 0.15) is 0 Å². The second kappa shape index (κ2) is 3.96. The summed E-state index contributed by atoms with van der Waals surface area (Å²) >= 11 is 5.55. The molecule has 0 N–H and O–H groups in total. The summed E-state index contributed by atoms with van der Waals surface area (Å²) in [4.78, 5) is 0. The Hall–Kier alpha value is -1.09. The van der Waals surface area contributed by atoms with Crippen LogP contribution in [0.2, 0.25) is 0 Å². The van der Waals surface area contributed by atoms with E-state index in [9.17, 15) is 0 Å². The Labute approximate surface area is 87.5 Å². The van der Waals surface area contributed by atoms with Gasteiger partial charge >= 0.3 is 0 Å². The first-order chi connectivity index (χ1) is 6.86. The lowest BCUT2D eigenvalue weighted by Crippen LogP contribution is -1.98. The third kappa shape index (κ3) is 1.73. The number of hydrogen-bond donors (Lipinski definition) is 0. The van der Waals surface area contributed by atoms with E-state index in [1.165, 1.54) is 0 Å². The first-order valence-corrected chi connectivity index (χ1v) is 4.98. The smallest absolute Gasteiger partial charge is 0.215 e. The summed E-state index contributed by atoms with van der Waals surface area (Å²) < 4.78 is 15.9. The van der Waals surface area contributed by atoms with Gasteiger partial charge in [-0.3, -0.25) is 0 Å². The van der Waals surface area contributed by atoms with Gasteiger partial charge in [0.15, 0.2) is 11.5 Å². The number of benzene rings is 1. The Morgan fingerprint density at radius 2 is 2.29 bits per heavy atom. The monoisotopic (exact) mass is 214 g/mol. The quantitative estimate of drug-likeness (QED) is 0.436. The molecular formula is C10H11ClO3. The van der Waals surface area contributed by atoms with Gasteiger partial charge in [0.2, 0.25) is 11.5 Å². The van der Waals surface area contributed by atoms with Crippen molar-refractivity contribution in [3.8, 4) is 23.0 Å². The molecule has 0 saturated carbocycles. The molecular weight excluding hydrogens is 204 g/mol. The molecule has 14 heavy (non-hydrogen) atoms. The number of hydrogen-bond acceptors (Lipinski definition) is 3. The molecule has 2 rings (SSSR count). The van der Waals surface area contributed by atoms with Gasteiger partial charge < -0.3 is 14.2 Å². The van der Waals surface area contributed by atoms with E-state index in [1.54, 1.807) is 7.11 Å². The second-order valence-electron chi connectivity index (χ2n) is 2.92. The van der Waals surface area contributed by atoms with Crippen molar-refractivity contribution in [2.75, 3.05) is 19.6 Å². The zero-order valence-electron chi connectivity index (χ0n) is 7.88. The summed E-state index contributed by atoms with van der Waals surface area (Å²) in [5, 5.41) is 0. The van der Waals surface area contributed by atoms with Crippen LogP contribution in [0.3, 0.4) is 0 Å². The van der Waals surface area contributed by atoms with Crippen molar-refractivity contribution in [3.63, 3.8) is 0 Å². The van der Waals surface area contributed by atoms with E-state index in [1.807, 2.05) is 12.1 Å². The number of rotatable bonds is 5. The summed E-state index contributed by atoms with van der Waals surface area (Å²) in [6.07, 6.45) is 0.814. The van der Waals surface area contributed by atoms with Crippen LogP contribution in [-0.2, 0) is 0 Å². The lowest BCUT2D eigenvalue weighted by atomic mass is 10.3. The summed E-state index contributed by atoms with van der Waals surface area (Å²) in [6.45, 7) is 0.583. The van der Waals surface area contributed by atoms with E-state index in [0.29, 0.717) is 24.0 Å². The van der Waals surface area contributed by atoms with Crippen molar-refractivity contribution in [2.24, 2.45) is 0 Å². The Bertz CT molecular complexity index is 338. The largest absolute Gasteiger partial charge is 0.493 e. The number of methoxy groups -OCH3 is 1. The zero-order chi connectivity index (χ0) is 9.97. The third-order valence-electron chi connectivity index (χ3n) is 1.95. The van der Waals surface area contributed by atoms with E-state index in [4.69, 9.17) is 25.8 Å². The van der Waals surface area contributed by atoms with Crippen molar-refractivity contribution < 1.29 is 14.2 Å². The van der Waals surface area contributed by atoms with Crippen molar-refractivity contribution >= 4 is 11.6 Å². The molecule has 0 bridgehead atoms. The molecule has 76 valence electrons. The minimum atomic E-state index is 0.583. The van der Waals surface area contributed by atoms with Crippen LogP contribution in [0.25, 0.3) is 0 Å². The first kappa shape index (κ1) is 9.46. The Balaban J connectivity index is 2.08. The van der Waals surface area contributed by atoms with Gasteiger partial charge in [-0.1, -0.05) is 0 Å². The standard InChI is InChI=1S/C10H11ClO3/c1-12-7-3-4-8-10(14-8)9(7)13-6-2-5-11/h3-4H,2,5-6H2,1H3. The van der Waals surface area contributed by atoms with Gasteiger partial charge in [-0.15, -0.1) is 11.6 Å². The van der Waals surface area contributed by atoms with Gasteiger partial charge in [-0.2, -0.15) is 0 Å². The summed E-state index contributed by atoms with van der Waals surface area (Å²) in [7, 11) is 1.61. The van der Waals surface area contributed by atoms with Crippen LogP contribution in [-0.4, -0.2) is 19.6 Å². The molecule has 1 aliphatic heterocycles. The molecule has 4 heteroatoms. The maximum Gasteiger partial charge on any atom is 0.215 e. The van der Waals surface area contributed by atoms with Gasteiger partial charge in [0.25, 0.3) is 0 Å². The van der Waals surface area contributed by atoms with Crippen LogP contribution in [0.1, 0.15) is 6.42 Å².